The van der Waals surface area contributed by atoms with Crippen molar-refractivity contribution in [2.45, 2.75) is 13.5 Å². The summed E-state index contributed by atoms with van der Waals surface area (Å²) in [4.78, 5) is 37.2. The van der Waals surface area contributed by atoms with Gasteiger partial charge in [0.2, 0.25) is 11.8 Å². The first-order valence-corrected chi connectivity index (χ1v) is 7.20. The van der Waals surface area contributed by atoms with Crippen molar-refractivity contribution in [3.63, 3.8) is 0 Å². The van der Waals surface area contributed by atoms with Crippen molar-refractivity contribution in [1.29, 1.82) is 0 Å². The Labute approximate surface area is 129 Å². The van der Waals surface area contributed by atoms with Gasteiger partial charge in [0.15, 0.2) is 0 Å². The van der Waals surface area contributed by atoms with E-state index in [1.165, 1.54) is 15.9 Å². The van der Waals surface area contributed by atoms with Crippen LogP contribution in [0, 0.1) is 10.1 Å². The van der Waals surface area contributed by atoms with Crippen LogP contribution in [-0.2, 0) is 16.1 Å². The van der Waals surface area contributed by atoms with Crippen LogP contribution in [0.5, 0.6) is 0 Å². The van der Waals surface area contributed by atoms with E-state index in [1.54, 1.807) is 12.1 Å². The number of carbonyl (C=O) groups is 2. The Morgan fingerprint density at radius 1 is 1.24 bits per heavy atom. The van der Waals surface area contributed by atoms with Crippen LogP contribution in [0.25, 0.3) is 0 Å². The number of likely N-dealkylation sites (N-methyl/N-ethyl adjacent to an activating group) is 1. The Hall–Kier alpha value is -1.96. The molecule has 0 aliphatic carbocycles. The van der Waals surface area contributed by atoms with E-state index in [9.17, 15) is 19.7 Å². The number of carbonyl (C=O) groups excluding carboxylic acids is 2. The fourth-order valence-electron chi connectivity index (χ4n) is 2.17. The Morgan fingerprint density at radius 2 is 1.86 bits per heavy atom. The number of benzene rings is 1. The van der Waals surface area contributed by atoms with Crippen molar-refractivity contribution in [3.05, 3.63) is 38.3 Å². The monoisotopic (exact) mass is 355 g/mol. The second-order valence-corrected chi connectivity index (χ2v) is 5.46. The summed E-state index contributed by atoms with van der Waals surface area (Å²) < 4.78 is 0.341. The third kappa shape index (κ3) is 3.21. The molecule has 1 fully saturated rings. The van der Waals surface area contributed by atoms with Gasteiger partial charge in [0.25, 0.3) is 5.69 Å². The number of rotatable bonds is 4. The average molecular weight is 356 g/mol. The normalized spacial score (nSPS) is 15.5. The van der Waals surface area contributed by atoms with E-state index in [4.69, 9.17) is 0 Å². The van der Waals surface area contributed by atoms with Crippen molar-refractivity contribution in [2.24, 2.45) is 0 Å². The van der Waals surface area contributed by atoms with Crippen LogP contribution in [0.2, 0.25) is 0 Å². The standard InChI is InChI=1S/C13H14BrN3O4/c1-2-15-7-12(19)16(8-11(15)18)6-9-4-3-5-10(13(9)14)17(20)21/h3-5H,2,6-8H2,1H3. The van der Waals surface area contributed by atoms with Crippen LogP contribution in [0.4, 0.5) is 5.69 Å². The fourth-order valence-corrected chi connectivity index (χ4v) is 2.70. The molecule has 2 amide bonds. The molecule has 1 aliphatic rings. The summed E-state index contributed by atoms with van der Waals surface area (Å²) in [6.45, 7) is 2.55. The van der Waals surface area contributed by atoms with E-state index in [0.717, 1.165) is 0 Å². The summed E-state index contributed by atoms with van der Waals surface area (Å²) in [5, 5.41) is 10.9. The number of nitrogens with zero attached hydrogens (tertiary/aromatic N) is 3. The summed E-state index contributed by atoms with van der Waals surface area (Å²) in [7, 11) is 0. The highest BCUT2D eigenvalue weighted by molar-refractivity contribution is 9.10. The molecule has 7 nitrogen and oxygen atoms in total. The van der Waals surface area contributed by atoms with Gasteiger partial charge in [-0.2, -0.15) is 0 Å². The lowest BCUT2D eigenvalue weighted by atomic mass is 10.1. The first kappa shape index (κ1) is 15.4. The Morgan fingerprint density at radius 3 is 2.48 bits per heavy atom. The molecule has 0 aromatic heterocycles. The average Bonchev–Trinajstić information content (AvgIpc) is 2.44. The lowest BCUT2D eigenvalue weighted by Gasteiger charge is -2.33. The van der Waals surface area contributed by atoms with Gasteiger partial charge in [0, 0.05) is 19.2 Å². The van der Waals surface area contributed by atoms with Crippen LogP contribution in [0.15, 0.2) is 22.7 Å². The molecule has 0 unspecified atom stereocenters. The number of nitro groups is 1. The quantitative estimate of drug-likeness (QED) is 0.605. The third-order valence-corrected chi connectivity index (χ3v) is 4.27. The number of hydrogen-bond donors (Lipinski definition) is 0. The number of nitro benzene ring substituents is 1. The number of piperazine rings is 1. The van der Waals surface area contributed by atoms with E-state index in [2.05, 4.69) is 15.9 Å². The van der Waals surface area contributed by atoms with Crippen LogP contribution in [0.3, 0.4) is 0 Å². The molecule has 112 valence electrons. The molecule has 1 saturated heterocycles. The van der Waals surface area contributed by atoms with Crippen LogP contribution >= 0.6 is 15.9 Å². The predicted octanol–water partition coefficient (Wildman–Crippen LogP) is 1.55. The summed E-state index contributed by atoms with van der Waals surface area (Å²) in [6.07, 6.45) is 0. The molecule has 1 aromatic rings. The van der Waals surface area contributed by atoms with Gasteiger partial charge >= 0.3 is 0 Å². The lowest BCUT2D eigenvalue weighted by molar-refractivity contribution is -0.385. The summed E-state index contributed by atoms with van der Waals surface area (Å²) in [6, 6.07) is 4.64. The van der Waals surface area contributed by atoms with E-state index >= 15 is 0 Å². The molecule has 21 heavy (non-hydrogen) atoms. The van der Waals surface area contributed by atoms with Gasteiger partial charge in [-0.05, 0) is 28.4 Å². The SMILES string of the molecule is CCN1CC(=O)N(Cc2cccc([N+](=O)[O-])c2Br)CC1=O. The lowest BCUT2D eigenvalue weighted by Crippen LogP contribution is -2.53. The summed E-state index contributed by atoms with van der Waals surface area (Å²) in [5.41, 5.74) is 0.550. The maximum atomic E-state index is 12.0. The maximum absolute atomic E-state index is 12.0. The van der Waals surface area contributed by atoms with Crippen LogP contribution < -0.4 is 0 Å². The second-order valence-electron chi connectivity index (χ2n) is 4.67. The Bertz CT molecular complexity index is 605. The second kappa shape index (κ2) is 6.21. The van der Waals surface area contributed by atoms with Crippen molar-refractivity contribution >= 4 is 33.4 Å². The number of halogens is 1. The Balaban J connectivity index is 2.19. The zero-order chi connectivity index (χ0) is 15.6. The largest absolute Gasteiger partial charge is 0.332 e. The van der Waals surface area contributed by atoms with E-state index in [0.29, 0.717) is 16.6 Å². The Kier molecular flexibility index (Phi) is 4.56. The summed E-state index contributed by atoms with van der Waals surface area (Å²) in [5.74, 6) is -0.270. The minimum atomic E-state index is -0.490. The van der Waals surface area contributed by atoms with E-state index in [1.807, 2.05) is 6.92 Å². The molecule has 1 aliphatic heterocycles. The molecule has 1 heterocycles. The summed E-state index contributed by atoms with van der Waals surface area (Å²) >= 11 is 3.19. The molecule has 0 spiro atoms. The minimum absolute atomic E-state index is 0.00179. The van der Waals surface area contributed by atoms with Crippen LogP contribution in [-0.4, -0.2) is 46.2 Å². The van der Waals surface area contributed by atoms with Gasteiger partial charge in [-0.25, -0.2) is 0 Å². The fraction of sp³-hybridized carbons (Fsp3) is 0.385. The first-order valence-electron chi connectivity index (χ1n) is 6.41. The number of amides is 2. The molecular formula is C13H14BrN3O4. The highest BCUT2D eigenvalue weighted by Gasteiger charge is 2.29. The van der Waals surface area contributed by atoms with Crippen molar-refractivity contribution in [1.82, 2.24) is 9.80 Å². The van der Waals surface area contributed by atoms with Gasteiger partial charge in [-0.1, -0.05) is 12.1 Å². The molecule has 0 radical (unpaired) electrons. The topological polar surface area (TPSA) is 83.8 Å². The molecular weight excluding hydrogens is 342 g/mol. The van der Waals surface area contributed by atoms with Gasteiger partial charge in [0.1, 0.15) is 11.0 Å². The van der Waals surface area contributed by atoms with Crippen molar-refractivity contribution in [2.75, 3.05) is 19.6 Å². The van der Waals surface area contributed by atoms with E-state index < -0.39 is 4.92 Å². The molecule has 2 rings (SSSR count). The highest BCUT2D eigenvalue weighted by atomic mass is 79.9. The molecule has 8 heteroatoms. The smallest absolute Gasteiger partial charge is 0.283 e. The predicted molar refractivity (Wildman–Crippen MR) is 78.5 cm³/mol. The maximum Gasteiger partial charge on any atom is 0.283 e. The van der Waals surface area contributed by atoms with E-state index in [-0.39, 0.29) is 37.1 Å². The molecule has 0 N–H and O–H groups in total. The molecule has 1 aromatic carbocycles. The van der Waals surface area contributed by atoms with Gasteiger partial charge < -0.3 is 9.80 Å². The van der Waals surface area contributed by atoms with Gasteiger partial charge in [-0.15, -0.1) is 0 Å². The zero-order valence-corrected chi connectivity index (χ0v) is 13.0. The zero-order valence-electron chi connectivity index (χ0n) is 11.4. The third-order valence-electron chi connectivity index (χ3n) is 3.36. The molecule has 0 bridgehead atoms. The first-order chi connectivity index (χ1) is 9.93. The van der Waals surface area contributed by atoms with Gasteiger partial charge in [-0.3, -0.25) is 19.7 Å². The van der Waals surface area contributed by atoms with Crippen molar-refractivity contribution < 1.29 is 14.5 Å². The molecule has 0 saturated carbocycles. The van der Waals surface area contributed by atoms with Crippen LogP contribution in [0.1, 0.15) is 12.5 Å². The number of hydrogen-bond acceptors (Lipinski definition) is 4. The van der Waals surface area contributed by atoms with Crippen molar-refractivity contribution in [3.8, 4) is 0 Å². The highest BCUT2D eigenvalue weighted by Crippen LogP contribution is 2.29. The molecule has 0 atom stereocenters. The van der Waals surface area contributed by atoms with Gasteiger partial charge in [0.05, 0.1) is 11.5 Å². The minimum Gasteiger partial charge on any atom is -0.332 e.